The fourth-order valence-corrected chi connectivity index (χ4v) is 2.53. The van der Waals surface area contributed by atoms with Crippen LogP contribution in [-0.4, -0.2) is 11.4 Å². The summed E-state index contributed by atoms with van der Waals surface area (Å²) in [6.45, 7) is 1.91. The van der Waals surface area contributed by atoms with Crippen molar-refractivity contribution < 1.29 is 4.79 Å². The number of benzene rings is 1. The van der Waals surface area contributed by atoms with Gasteiger partial charge in [0.1, 0.15) is 5.54 Å². The van der Waals surface area contributed by atoms with Crippen LogP contribution >= 0.6 is 0 Å². The van der Waals surface area contributed by atoms with Crippen LogP contribution in [-0.2, 0) is 0 Å². The quantitative estimate of drug-likeness (QED) is 0.866. The molecular weight excluding hydrogens is 224 g/mol. The van der Waals surface area contributed by atoms with E-state index in [2.05, 4.69) is 11.4 Å². The summed E-state index contributed by atoms with van der Waals surface area (Å²) in [4.78, 5) is 12.2. The third-order valence-electron chi connectivity index (χ3n) is 3.66. The van der Waals surface area contributed by atoms with Crippen LogP contribution in [0.15, 0.2) is 24.3 Å². The van der Waals surface area contributed by atoms with Crippen molar-refractivity contribution in [2.45, 2.75) is 44.6 Å². The first kappa shape index (κ1) is 12.6. The van der Waals surface area contributed by atoms with Crippen molar-refractivity contribution in [2.24, 2.45) is 0 Å². The normalized spacial score (nSPS) is 17.8. The second-order valence-corrected chi connectivity index (χ2v) is 5.02. The van der Waals surface area contributed by atoms with Crippen molar-refractivity contribution in [3.8, 4) is 6.07 Å². The van der Waals surface area contributed by atoms with Crippen LogP contribution in [0.3, 0.4) is 0 Å². The molecule has 0 heterocycles. The summed E-state index contributed by atoms with van der Waals surface area (Å²) in [5.41, 5.74) is 0.953. The smallest absolute Gasteiger partial charge is 0.252 e. The van der Waals surface area contributed by atoms with Crippen molar-refractivity contribution in [3.63, 3.8) is 0 Å². The van der Waals surface area contributed by atoms with Crippen LogP contribution < -0.4 is 5.32 Å². The molecule has 0 aromatic heterocycles. The van der Waals surface area contributed by atoms with E-state index in [1.54, 1.807) is 6.07 Å². The Balaban J connectivity index is 2.16. The molecule has 3 heteroatoms. The summed E-state index contributed by atoms with van der Waals surface area (Å²) >= 11 is 0. The zero-order valence-electron chi connectivity index (χ0n) is 10.7. The van der Waals surface area contributed by atoms with Crippen molar-refractivity contribution in [3.05, 3.63) is 35.4 Å². The molecule has 2 rings (SSSR count). The predicted molar refractivity (Wildman–Crippen MR) is 70.1 cm³/mol. The minimum absolute atomic E-state index is 0.128. The molecule has 0 atom stereocenters. The third kappa shape index (κ3) is 2.53. The van der Waals surface area contributed by atoms with Crippen molar-refractivity contribution in [1.82, 2.24) is 5.32 Å². The molecule has 1 aliphatic rings. The number of nitrogens with one attached hydrogen (secondary N) is 1. The van der Waals surface area contributed by atoms with Gasteiger partial charge >= 0.3 is 0 Å². The molecule has 1 amide bonds. The second-order valence-electron chi connectivity index (χ2n) is 5.02. The summed E-state index contributed by atoms with van der Waals surface area (Å²) in [6.07, 6.45) is 4.72. The average molecular weight is 242 g/mol. The van der Waals surface area contributed by atoms with E-state index in [9.17, 15) is 10.1 Å². The Morgan fingerprint density at radius 1 is 1.28 bits per heavy atom. The lowest BCUT2D eigenvalue weighted by atomic mass is 9.82. The number of nitrogens with zero attached hydrogens (tertiary/aromatic N) is 1. The standard InChI is InChI=1S/C15H18N2O/c1-12-7-3-4-8-13(12)14(18)17-15(11-16)9-5-2-6-10-15/h3-4,7-8H,2,5-6,9-10H2,1H3,(H,17,18). The maximum atomic E-state index is 12.2. The van der Waals surface area contributed by atoms with Crippen molar-refractivity contribution >= 4 is 5.91 Å². The van der Waals surface area contributed by atoms with Gasteiger partial charge < -0.3 is 5.32 Å². The van der Waals surface area contributed by atoms with Gasteiger partial charge in [0, 0.05) is 5.56 Å². The monoisotopic (exact) mass is 242 g/mol. The van der Waals surface area contributed by atoms with E-state index in [-0.39, 0.29) is 5.91 Å². The van der Waals surface area contributed by atoms with Gasteiger partial charge in [-0.15, -0.1) is 0 Å². The Morgan fingerprint density at radius 2 is 1.94 bits per heavy atom. The van der Waals surface area contributed by atoms with Gasteiger partial charge in [0.2, 0.25) is 0 Å². The molecule has 0 spiro atoms. The van der Waals surface area contributed by atoms with Gasteiger partial charge in [-0.05, 0) is 31.4 Å². The molecule has 94 valence electrons. The summed E-state index contributed by atoms with van der Waals surface area (Å²) in [5.74, 6) is -0.128. The molecule has 1 saturated carbocycles. The molecule has 1 aliphatic carbocycles. The summed E-state index contributed by atoms with van der Waals surface area (Å²) in [6, 6.07) is 9.78. The number of hydrogen-bond donors (Lipinski definition) is 1. The Kier molecular flexibility index (Phi) is 3.66. The Labute approximate surface area is 108 Å². The largest absolute Gasteiger partial charge is 0.334 e. The minimum atomic E-state index is -0.655. The number of nitriles is 1. The maximum absolute atomic E-state index is 12.2. The number of amides is 1. The highest BCUT2D eigenvalue weighted by molar-refractivity contribution is 5.96. The summed E-state index contributed by atoms with van der Waals surface area (Å²) < 4.78 is 0. The van der Waals surface area contributed by atoms with Gasteiger partial charge in [-0.2, -0.15) is 5.26 Å². The summed E-state index contributed by atoms with van der Waals surface area (Å²) in [7, 11) is 0. The fourth-order valence-electron chi connectivity index (χ4n) is 2.53. The van der Waals surface area contributed by atoms with E-state index in [1.165, 1.54) is 0 Å². The molecule has 18 heavy (non-hydrogen) atoms. The molecule has 0 unspecified atom stereocenters. The first-order chi connectivity index (χ1) is 8.67. The lowest BCUT2D eigenvalue weighted by Gasteiger charge is -2.31. The van der Waals surface area contributed by atoms with Crippen LogP contribution in [0.1, 0.15) is 48.0 Å². The lowest BCUT2D eigenvalue weighted by Crippen LogP contribution is -2.48. The zero-order valence-corrected chi connectivity index (χ0v) is 10.7. The Hall–Kier alpha value is -1.82. The summed E-state index contributed by atoms with van der Waals surface area (Å²) in [5, 5.41) is 12.3. The molecule has 0 aliphatic heterocycles. The Morgan fingerprint density at radius 3 is 2.56 bits per heavy atom. The van der Waals surface area contributed by atoms with Gasteiger partial charge in [-0.1, -0.05) is 37.5 Å². The van der Waals surface area contributed by atoms with Crippen molar-refractivity contribution in [2.75, 3.05) is 0 Å². The number of rotatable bonds is 2. The van der Waals surface area contributed by atoms with E-state index in [0.29, 0.717) is 5.56 Å². The molecule has 1 aromatic rings. The predicted octanol–water partition coefficient (Wildman–Crippen LogP) is 2.95. The van der Waals surface area contributed by atoms with Gasteiger partial charge in [0.05, 0.1) is 6.07 Å². The van der Waals surface area contributed by atoms with Gasteiger partial charge in [-0.25, -0.2) is 0 Å². The van der Waals surface area contributed by atoms with Crippen LogP contribution in [0, 0.1) is 18.3 Å². The molecule has 0 bridgehead atoms. The van der Waals surface area contributed by atoms with E-state index < -0.39 is 5.54 Å². The van der Waals surface area contributed by atoms with Gasteiger partial charge in [-0.3, -0.25) is 4.79 Å². The molecule has 1 aromatic carbocycles. The highest BCUT2D eigenvalue weighted by atomic mass is 16.1. The lowest BCUT2D eigenvalue weighted by molar-refractivity contribution is 0.0902. The van der Waals surface area contributed by atoms with Gasteiger partial charge in [0.25, 0.3) is 5.91 Å². The second kappa shape index (κ2) is 5.22. The molecular formula is C15H18N2O. The first-order valence-corrected chi connectivity index (χ1v) is 6.46. The number of carbonyl (C=O) groups excluding carboxylic acids is 1. The van der Waals surface area contributed by atoms with Gasteiger partial charge in [0.15, 0.2) is 0 Å². The number of aryl methyl sites for hydroxylation is 1. The number of hydrogen-bond acceptors (Lipinski definition) is 2. The van der Waals surface area contributed by atoms with Crippen LogP contribution in [0.5, 0.6) is 0 Å². The third-order valence-corrected chi connectivity index (χ3v) is 3.66. The maximum Gasteiger partial charge on any atom is 0.252 e. The molecule has 1 N–H and O–H groups in total. The topological polar surface area (TPSA) is 52.9 Å². The molecule has 0 radical (unpaired) electrons. The Bertz CT molecular complexity index is 482. The zero-order chi connectivity index (χ0) is 13.0. The van der Waals surface area contributed by atoms with E-state index in [1.807, 2.05) is 25.1 Å². The fraction of sp³-hybridized carbons (Fsp3) is 0.467. The number of carbonyl (C=O) groups is 1. The van der Waals surface area contributed by atoms with Crippen LogP contribution in [0.2, 0.25) is 0 Å². The van der Waals surface area contributed by atoms with Crippen LogP contribution in [0.25, 0.3) is 0 Å². The van der Waals surface area contributed by atoms with E-state index in [0.717, 1.165) is 37.7 Å². The van der Waals surface area contributed by atoms with E-state index in [4.69, 9.17) is 0 Å². The van der Waals surface area contributed by atoms with Crippen molar-refractivity contribution in [1.29, 1.82) is 5.26 Å². The molecule has 3 nitrogen and oxygen atoms in total. The first-order valence-electron chi connectivity index (χ1n) is 6.46. The SMILES string of the molecule is Cc1ccccc1C(=O)NC1(C#N)CCCCC1. The highest BCUT2D eigenvalue weighted by Crippen LogP contribution is 2.28. The van der Waals surface area contributed by atoms with Crippen LogP contribution in [0.4, 0.5) is 0 Å². The van der Waals surface area contributed by atoms with E-state index >= 15 is 0 Å². The molecule has 1 fully saturated rings. The minimum Gasteiger partial charge on any atom is -0.334 e. The average Bonchev–Trinajstić information content (AvgIpc) is 2.40. The highest BCUT2D eigenvalue weighted by Gasteiger charge is 2.33. The molecule has 0 saturated heterocycles.